The van der Waals surface area contributed by atoms with Gasteiger partial charge in [0.15, 0.2) is 0 Å². The van der Waals surface area contributed by atoms with Crippen LogP contribution in [0.15, 0.2) is 41.3 Å². The van der Waals surface area contributed by atoms with Gasteiger partial charge in [-0.25, -0.2) is 9.97 Å². The predicted octanol–water partition coefficient (Wildman–Crippen LogP) is 4.11. The third kappa shape index (κ3) is 4.53. The van der Waals surface area contributed by atoms with Crippen molar-refractivity contribution in [2.45, 2.75) is 31.6 Å². The highest BCUT2D eigenvalue weighted by molar-refractivity contribution is 7.99. The fourth-order valence-corrected chi connectivity index (χ4v) is 2.61. The summed E-state index contributed by atoms with van der Waals surface area (Å²) in [5.74, 6) is 2.16. The Morgan fingerprint density at radius 1 is 1.15 bits per heavy atom. The molecule has 0 aliphatic heterocycles. The molecular weight excluding hydrogens is 266 g/mol. The summed E-state index contributed by atoms with van der Waals surface area (Å²) in [5.41, 5.74) is 2.11. The van der Waals surface area contributed by atoms with E-state index in [1.54, 1.807) is 0 Å². The summed E-state index contributed by atoms with van der Waals surface area (Å²) in [5, 5.41) is 3.31. The van der Waals surface area contributed by atoms with Crippen LogP contribution in [0.25, 0.3) is 0 Å². The summed E-state index contributed by atoms with van der Waals surface area (Å²) in [7, 11) is 0. The van der Waals surface area contributed by atoms with Gasteiger partial charge in [-0.05, 0) is 31.0 Å². The van der Waals surface area contributed by atoms with Crippen molar-refractivity contribution in [3.05, 3.63) is 47.8 Å². The van der Waals surface area contributed by atoms with Crippen LogP contribution in [0.1, 0.15) is 31.2 Å². The van der Waals surface area contributed by atoms with E-state index in [0.29, 0.717) is 5.92 Å². The third-order valence-electron chi connectivity index (χ3n) is 2.86. The molecule has 106 valence electrons. The van der Waals surface area contributed by atoms with Crippen molar-refractivity contribution in [3.8, 4) is 0 Å². The van der Waals surface area contributed by atoms with Crippen LogP contribution in [0.2, 0.25) is 0 Å². The SMILES string of the molecule is Cc1cc(C(C)C)nc(NCCSc2ccccc2)n1. The zero-order valence-corrected chi connectivity index (χ0v) is 13.1. The lowest BCUT2D eigenvalue weighted by Crippen LogP contribution is -2.09. The Labute approximate surface area is 125 Å². The lowest BCUT2D eigenvalue weighted by atomic mass is 10.1. The maximum absolute atomic E-state index is 4.55. The number of nitrogens with one attached hydrogen (secondary N) is 1. The van der Waals surface area contributed by atoms with E-state index in [4.69, 9.17) is 0 Å². The van der Waals surface area contributed by atoms with E-state index in [0.717, 1.165) is 29.6 Å². The minimum atomic E-state index is 0.427. The summed E-state index contributed by atoms with van der Waals surface area (Å²) in [6.45, 7) is 7.17. The molecule has 3 nitrogen and oxygen atoms in total. The largest absolute Gasteiger partial charge is 0.353 e. The molecule has 0 spiro atoms. The molecule has 0 radical (unpaired) electrons. The van der Waals surface area contributed by atoms with Crippen LogP contribution >= 0.6 is 11.8 Å². The number of hydrogen-bond acceptors (Lipinski definition) is 4. The van der Waals surface area contributed by atoms with Crippen molar-refractivity contribution in [1.29, 1.82) is 0 Å². The summed E-state index contributed by atoms with van der Waals surface area (Å²) in [4.78, 5) is 10.3. The van der Waals surface area contributed by atoms with Crippen LogP contribution in [-0.2, 0) is 0 Å². The van der Waals surface area contributed by atoms with Crippen molar-refractivity contribution in [3.63, 3.8) is 0 Å². The monoisotopic (exact) mass is 287 g/mol. The highest BCUT2D eigenvalue weighted by Crippen LogP contribution is 2.17. The number of anilines is 1. The van der Waals surface area contributed by atoms with E-state index in [9.17, 15) is 0 Å². The summed E-state index contributed by atoms with van der Waals surface area (Å²) < 4.78 is 0. The molecule has 0 atom stereocenters. The van der Waals surface area contributed by atoms with Gasteiger partial charge in [-0.2, -0.15) is 0 Å². The molecule has 4 heteroatoms. The topological polar surface area (TPSA) is 37.8 Å². The zero-order chi connectivity index (χ0) is 14.4. The normalized spacial score (nSPS) is 10.8. The molecule has 0 aliphatic carbocycles. The van der Waals surface area contributed by atoms with Gasteiger partial charge in [-0.3, -0.25) is 0 Å². The average Bonchev–Trinajstić information content (AvgIpc) is 2.44. The highest BCUT2D eigenvalue weighted by Gasteiger charge is 2.05. The standard InChI is InChI=1S/C16H21N3S/c1-12(2)15-11-13(3)18-16(19-15)17-9-10-20-14-7-5-4-6-8-14/h4-8,11-12H,9-10H2,1-3H3,(H,17,18,19). The molecule has 0 fully saturated rings. The first kappa shape index (κ1) is 14.9. The molecule has 1 N–H and O–H groups in total. The molecule has 0 amide bonds. The summed E-state index contributed by atoms with van der Waals surface area (Å²) >= 11 is 1.84. The Hall–Kier alpha value is -1.55. The molecule has 2 rings (SSSR count). The molecule has 1 aromatic heterocycles. The molecule has 0 saturated carbocycles. The van der Waals surface area contributed by atoms with Gasteiger partial charge in [0, 0.05) is 28.6 Å². The molecule has 0 bridgehead atoms. The van der Waals surface area contributed by atoms with Gasteiger partial charge in [-0.15, -0.1) is 11.8 Å². The van der Waals surface area contributed by atoms with Gasteiger partial charge >= 0.3 is 0 Å². The van der Waals surface area contributed by atoms with Gasteiger partial charge in [0.1, 0.15) is 0 Å². The van der Waals surface area contributed by atoms with Crippen molar-refractivity contribution in [2.24, 2.45) is 0 Å². The first-order valence-corrected chi connectivity index (χ1v) is 7.91. The van der Waals surface area contributed by atoms with Crippen LogP contribution in [0.5, 0.6) is 0 Å². The summed E-state index contributed by atoms with van der Waals surface area (Å²) in [6, 6.07) is 12.5. The Morgan fingerprint density at radius 2 is 1.90 bits per heavy atom. The van der Waals surface area contributed by atoms with Gasteiger partial charge in [-0.1, -0.05) is 32.0 Å². The fourth-order valence-electron chi connectivity index (χ4n) is 1.82. The minimum absolute atomic E-state index is 0.427. The van der Waals surface area contributed by atoms with Crippen LogP contribution in [-0.4, -0.2) is 22.3 Å². The second-order valence-corrected chi connectivity index (χ2v) is 6.17. The first-order valence-electron chi connectivity index (χ1n) is 6.92. The van der Waals surface area contributed by atoms with Gasteiger partial charge in [0.25, 0.3) is 0 Å². The van der Waals surface area contributed by atoms with Gasteiger partial charge < -0.3 is 5.32 Å². The van der Waals surface area contributed by atoms with Crippen LogP contribution in [0.4, 0.5) is 5.95 Å². The van der Waals surface area contributed by atoms with E-state index in [2.05, 4.69) is 59.5 Å². The molecular formula is C16H21N3S. The van der Waals surface area contributed by atoms with Crippen molar-refractivity contribution < 1.29 is 0 Å². The second kappa shape index (κ2) is 7.29. The third-order valence-corrected chi connectivity index (χ3v) is 3.88. The number of hydrogen-bond donors (Lipinski definition) is 1. The molecule has 2 aromatic rings. The zero-order valence-electron chi connectivity index (χ0n) is 12.3. The Morgan fingerprint density at radius 3 is 2.60 bits per heavy atom. The van der Waals surface area contributed by atoms with Crippen LogP contribution in [0, 0.1) is 6.92 Å². The second-order valence-electron chi connectivity index (χ2n) is 5.00. The molecule has 0 aliphatic rings. The number of thioether (sulfide) groups is 1. The van der Waals surface area contributed by atoms with Gasteiger partial charge in [0.05, 0.1) is 0 Å². The maximum atomic E-state index is 4.55. The molecule has 20 heavy (non-hydrogen) atoms. The molecule has 1 aromatic carbocycles. The van der Waals surface area contributed by atoms with E-state index in [1.807, 2.05) is 24.8 Å². The number of benzene rings is 1. The van der Waals surface area contributed by atoms with Crippen molar-refractivity contribution in [2.75, 3.05) is 17.6 Å². The highest BCUT2D eigenvalue weighted by atomic mass is 32.2. The van der Waals surface area contributed by atoms with Crippen LogP contribution < -0.4 is 5.32 Å². The number of nitrogens with zero attached hydrogens (tertiary/aromatic N) is 2. The van der Waals surface area contributed by atoms with E-state index < -0.39 is 0 Å². The van der Waals surface area contributed by atoms with E-state index in [-0.39, 0.29) is 0 Å². The molecule has 0 saturated heterocycles. The average molecular weight is 287 g/mol. The fraction of sp³-hybridized carbons (Fsp3) is 0.375. The first-order chi connectivity index (χ1) is 9.65. The van der Waals surface area contributed by atoms with Crippen molar-refractivity contribution in [1.82, 2.24) is 9.97 Å². The summed E-state index contributed by atoms with van der Waals surface area (Å²) in [6.07, 6.45) is 0. The van der Waals surface area contributed by atoms with Gasteiger partial charge in [0.2, 0.25) is 5.95 Å². The number of aromatic nitrogens is 2. The van der Waals surface area contributed by atoms with E-state index in [1.165, 1.54) is 4.90 Å². The number of rotatable bonds is 6. The van der Waals surface area contributed by atoms with E-state index >= 15 is 0 Å². The predicted molar refractivity (Wildman–Crippen MR) is 86.5 cm³/mol. The lowest BCUT2D eigenvalue weighted by molar-refractivity contribution is 0.809. The quantitative estimate of drug-likeness (QED) is 0.641. The Kier molecular flexibility index (Phi) is 5.41. The minimum Gasteiger partial charge on any atom is -0.353 e. The molecule has 1 heterocycles. The van der Waals surface area contributed by atoms with Crippen molar-refractivity contribution >= 4 is 17.7 Å². The maximum Gasteiger partial charge on any atom is 0.223 e. The lowest BCUT2D eigenvalue weighted by Gasteiger charge is -2.10. The smallest absolute Gasteiger partial charge is 0.223 e. The number of aryl methyl sites for hydroxylation is 1. The Bertz CT molecular complexity index is 541. The molecule has 0 unspecified atom stereocenters. The van der Waals surface area contributed by atoms with Crippen LogP contribution in [0.3, 0.4) is 0 Å². The Balaban J connectivity index is 1.85.